The Kier molecular flexibility index (Phi) is 4.08. The molecule has 0 aliphatic rings. The van der Waals surface area contributed by atoms with Gasteiger partial charge in [0.15, 0.2) is 9.84 Å². The van der Waals surface area contributed by atoms with Gasteiger partial charge in [-0.2, -0.15) is 0 Å². The first-order chi connectivity index (χ1) is 7.90. The average Bonchev–Trinajstić information content (AvgIpc) is 2.25. The highest BCUT2D eigenvalue weighted by Gasteiger charge is 2.27. The van der Waals surface area contributed by atoms with E-state index in [9.17, 15) is 8.42 Å². The normalized spacial score (nSPS) is 14.6. The lowest BCUT2D eigenvalue weighted by atomic mass is 10.1. The molecule has 0 amide bonds. The standard InChI is InChI=1S/C10H14N2O4S/c1-17(15,16)9(6-13)10(12-14)7-2-4-8(11)5-3-7/h2-5,9,13-14H,6,11H2,1H3/b12-10-/t9-/m0/s1. The van der Waals surface area contributed by atoms with Crippen molar-refractivity contribution in [1.29, 1.82) is 0 Å². The fourth-order valence-corrected chi connectivity index (χ4v) is 2.25. The van der Waals surface area contributed by atoms with Gasteiger partial charge >= 0.3 is 0 Å². The van der Waals surface area contributed by atoms with Gasteiger partial charge in [0.1, 0.15) is 11.0 Å². The van der Waals surface area contributed by atoms with Crippen molar-refractivity contribution in [2.75, 3.05) is 18.6 Å². The summed E-state index contributed by atoms with van der Waals surface area (Å²) in [5.41, 5.74) is 6.29. The van der Waals surface area contributed by atoms with E-state index in [1.807, 2.05) is 0 Å². The van der Waals surface area contributed by atoms with Crippen molar-refractivity contribution >= 4 is 21.2 Å². The Hall–Kier alpha value is -1.60. The first-order valence-electron chi connectivity index (χ1n) is 4.77. The molecular formula is C10H14N2O4S. The molecule has 4 N–H and O–H groups in total. The molecule has 0 radical (unpaired) electrons. The van der Waals surface area contributed by atoms with Gasteiger partial charge < -0.3 is 16.0 Å². The summed E-state index contributed by atoms with van der Waals surface area (Å²) in [6, 6.07) is 6.16. The highest BCUT2D eigenvalue weighted by molar-refractivity contribution is 7.92. The van der Waals surface area contributed by atoms with Crippen LogP contribution in [0.1, 0.15) is 5.56 Å². The van der Waals surface area contributed by atoms with Crippen LogP contribution in [-0.2, 0) is 9.84 Å². The summed E-state index contributed by atoms with van der Waals surface area (Å²) < 4.78 is 22.9. The number of hydrogen-bond acceptors (Lipinski definition) is 6. The lowest BCUT2D eigenvalue weighted by Crippen LogP contribution is -2.33. The average molecular weight is 258 g/mol. The van der Waals surface area contributed by atoms with Crippen LogP contribution in [0.15, 0.2) is 29.4 Å². The molecule has 17 heavy (non-hydrogen) atoms. The van der Waals surface area contributed by atoms with Crippen LogP contribution >= 0.6 is 0 Å². The van der Waals surface area contributed by atoms with Crippen molar-refractivity contribution in [3.8, 4) is 0 Å². The third kappa shape index (κ3) is 3.18. The molecule has 0 saturated heterocycles. The molecule has 1 aromatic carbocycles. The number of aliphatic hydroxyl groups excluding tert-OH is 1. The molecule has 0 spiro atoms. The van der Waals surface area contributed by atoms with E-state index in [-0.39, 0.29) is 5.71 Å². The minimum atomic E-state index is -3.56. The molecule has 1 rings (SSSR count). The topological polar surface area (TPSA) is 113 Å². The number of rotatable bonds is 4. The number of sulfone groups is 1. The summed E-state index contributed by atoms with van der Waals surface area (Å²) in [5, 5.41) is 19.7. The van der Waals surface area contributed by atoms with Gasteiger partial charge in [-0.3, -0.25) is 0 Å². The molecule has 94 valence electrons. The van der Waals surface area contributed by atoms with Crippen LogP contribution in [0, 0.1) is 0 Å². The Labute approximate surface area is 99.3 Å². The summed E-state index contributed by atoms with van der Waals surface area (Å²) >= 11 is 0. The largest absolute Gasteiger partial charge is 0.411 e. The zero-order valence-electron chi connectivity index (χ0n) is 9.24. The van der Waals surface area contributed by atoms with Gasteiger partial charge in [0.05, 0.1) is 6.61 Å². The predicted octanol–water partition coefficient (Wildman–Crippen LogP) is -0.147. The van der Waals surface area contributed by atoms with Gasteiger partial charge in [-0.15, -0.1) is 0 Å². The smallest absolute Gasteiger partial charge is 0.158 e. The number of oxime groups is 1. The zero-order valence-corrected chi connectivity index (χ0v) is 10.1. The maximum absolute atomic E-state index is 11.4. The molecule has 0 saturated carbocycles. The van der Waals surface area contributed by atoms with Gasteiger partial charge in [0.2, 0.25) is 0 Å². The van der Waals surface area contributed by atoms with E-state index in [0.29, 0.717) is 11.3 Å². The Morgan fingerprint density at radius 3 is 2.29 bits per heavy atom. The molecule has 1 atom stereocenters. The Bertz CT molecular complexity index is 508. The van der Waals surface area contributed by atoms with Gasteiger partial charge in [-0.05, 0) is 12.1 Å². The van der Waals surface area contributed by atoms with Crippen molar-refractivity contribution < 1.29 is 18.7 Å². The molecule has 6 nitrogen and oxygen atoms in total. The highest BCUT2D eigenvalue weighted by atomic mass is 32.2. The lowest BCUT2D eigenvalue weighted by molar-refractivity contribution is 0.296. The van der Waals surface area contributed by atoms with Crippen LogP contribution in [0.4, 0.5) is 5.69 Å². The Morgan fingerprint density at radius 2 is 1.94 bits per heavy atom. The van der Waals surface area contributed by atoms with Crippen molar-refractivity contribution in [3.63, 3.8) is 0 Å². The number of benzene rings is 1. The van der Waals surface area contributed by atoms with Gasteiger partial charge in [0.25, 0.3) is 0 Å². The van der Waals surface area contributed by atoms with Gasteiger partial charge in [-0.1, -0.05) is 17.3 Å². The summed E-state index contributed by atoms with van der Waals surface area (Å²) in [6.07, 6.45) is 0.969. The zero-order chi connectivity index (χ0) is 13.1. The molecule has 0 bridgehead atoms. The number of nitrogens with zero attached hydrogens (tertiary/aromatic N) is 1. The number of aliphatic hydroxyl groups is 1. The second kappa shape index (κ2) is 5.15. The Balaban J connectivity index is 3.20. The fourth-order valence-electron chi connectivity index (χ4n) is 1.39. The van der Waals surface area contributed by atoms with E-state index in [2.05, 4.69) is 5.16 Å². The van der Waals surface area contributed by atoms with E-state index >= 15 is 0 Å². The van der Waals surface area contributed by atoms with E-state index in [4.69, 9.17) is 16.0 Å². The van der Waals surface area contributed by atoms with E-state index in [1.165, 1.54) is 12.1 Å². The Morgan fingerprint density at radius 1 is 1.41 bits per heavy atom. The van der Waals surface area contributed by atoms with Crippen molar-refractivity contribution in [2.24, 2.45) is 5.16 Å². The minimum Gasteiger partial charge on any atom is -0.411 e. The molecule has 0 unspecified atom stereocenters. The predicted molar refractivity (Wildman–Crippen MR) is 64.9 cm³/mol. The summed E-state index contributed by atoms with van der Waals surface area (Å²) in [6.45, 7) is -0.650. The SMILES string of the molecule is CS(=O)(=O)[C@@H](CO)/C(=N\O)c1ccc(N)cc1. The van der Waals surface area contributed by atoms with Crippen molar-refractivity contribution in [1.82, 2.24) is 0 Å². The molecule has 0 aromatic heterocycles. The molecule has 1 aromatic rings. The highest BCUT2D eigenvalue weighted by Crippen LogP contribution is 2.13. The second-order valence-electron chi connectivity index (χ2n) is 3.61. The maximum Gasteiger partial charge on any atom is 0.158 e. The van der Waals surface area contributed by atoms with Crippen LogP contribution in [0.2, 0.25) is 0 Å². The number of nitrogen functional groups attached to an aromatic ring is 1. The van der Waals surface area contributed by atoms with Crippen LogP contribution in [0.3, 0.4) is 0 Å². The van der Waals surface area contributed by atoms with E-state index in [0.717, 1.165) is 6.26 Å². The number of anilines is 1. The number of hydrogen-bond donors (Lipinski definition) is 3. The monoisotopic (exact) mass is 258 g/mol. The first kappa shape index (κ1) is 13.5. The maximum atomic E-state index is 11.4. The van der Waals surface area contributed by atoms with Crippen LogP contribution in [0.25, 0.3) is 0 Å². The molecule has 0 aliphatic heterocycles. The molecule has 0 fully saturated rings. The van der Waals surface area contributed by atoms with Crippen molar-refractivity contribution in [3.05, 3.63) is 29.8 Å². The summed E-state index contributed by atoms with van der Waals surface area (Å²) in [7, 11) is -3.56. The van der Waals surface area contributed by atoms with E-state index in [1.54, 1.807) is 12.1 Å². The minimum absolute atomic E-state index is 0.102. The molecular weight excluding hydrogens is 244 g/mol. The van der Waals surface area contributed by atoms with Gasteiger partial charge in [0, 0.05) is 17.5 Å². The summed E-state index contributed by atoms with van der Waals surface area (Å²) in [5.74, 6) is 0. The van der Waals surface area contributed by atoms with E-state index < -0.39 is 21.7 Å². The molecule has 0 aliphatic carbocycles. The fraction of sp³-hybridized carbons (Fsp3) is 0.300. The van der Waals surface area contributed by atoms with Gasteiger partial charge in [-0.25, -0.2) is 8.42 Å². The summed E-state index contributed by atoms with van der Waals surface area (Å²) in [4.78, 5) is 0. The van der Waals surface area contributed by atoms with Crippen molar-refractivity contribution in [2.45, 2.75) is 5.25 Å². The van der Waals surface area contributed by atoms with Crippen LogP contribution in [0.5, 0.6) is 0 Å². The van der Waals surface area contributed by atoms with Crippen LogP contribution < -0.4 is 5.73 Å². The molecule has 7 heteroatoms. The second-order valence-corrected chi connectivity index (χ2v) is 5.84. The molecule has 0 heterocycles. The lowest BCUT2D eigenvalue weighted by Gasteiger charge is -2.14. The third-order valence-corrected chi connectivity index (χ3v) is 3.71. The first-order valence-corrected chi connectivity index (χ1v) is 6.73. The quantitative estimate of drug-likeness (QED) is 0.301. The number of nitrogens with two attached hydrogens (primary N) is 1. The third-order valence-electron chi connectivity index (χ3n) is 2.30. The van der Waals surface area contributed by atoms with Crippen LogP contribution in [-0.4, -0.2) is 42.6 Å².